The van der Waals surface area contributed by atoms with E-state index in [9.17, 15) is 18.8 Å². The third kappa shape index (κ3) is 5.26. The van der Waals surface area contributed by atoms with E-state index >= 15 is 0 Å². The van der Waals surface area contributed by atoms with E-state index in [-0.39, 0.29) is 17.0 Å². The average molecular weight is 402 g/mol. The fourth-order valence-corrected chi connectivity index (χ4v) is 2.70. The Labute approximate surface area is 173 Å². The molecular formula is C24H19FN2O3. The largest absolute Gasteiger partial charge is 0.321 e. The molecule has 0 unspecified atom stereocenters. The molecule has 0 aliphatic heterocycles. The summed E-state index contributed by atoms with van der Waals surface area (Å²) in [6.07, 6.45) is 1.26. The molecule has 5 nitrogen and oxygen atoms in total. The van der Waals surface area contributed by atoms with Crippen molar-refractivity contribution in [2.24, 2.45) is 0 Å². The number of amides is 2. The van der Waals surface area contributed by atoms with Crippen LogP contribution in [0.15, 0.2) is 84.6 Å². The first kappa shape index (κ1) is 20.7. The van der Waals surface area contributed by atoms with Crippen LogP contribution in [0.5, 0.6) is 0 Å². The molecule has 0 heterocycles. The first-order chi connectivity index (χ1) is 14.4. The minimum Gasteiger partial charge on any atom is -0.321 e. The third-order valence-electron chi connectivity index (χ3n) is 4.26. The number of Topliss-reactive ketones (excluding diaryl/α,β-unsaturated/α-hetero) is 1. The lowest BCUT2D eigenvalue weighted by Crippen LogP contribution is -2.30. The number of nitrogens with one attached hydrogen (secondary N) is 2. The molecule has 0 atom stereocenters. The van der Waals surface area contributed by atoms with Gasteiger partial charge in [-0.05, 0) is 43.3 Å². The Balaban J connectivity index is 1.91. The van der Waals surface area contributed by atoms with E-state index in [1.165, 1.54) is 37.3 Å². The van der Waals surface area contributed by atoms with Crippen LogP contribution in [0.1, 0.15) is 33.2 Å². The number of rotatable bonds is 6. The second kappa shape index (κ2) is 9.43. The average Bonchev–Trinajstić information content (AvgIpc) is 2.75. The van der Waals surface area contributed by atoms with Gasteiger partial charge in [-0.15, -0.1) is 0 Å². The molecule has 150 valence electrons. The van der Waals surface area contributed by atoms with E-state index in [2.05, 4.69) is 10.6 Å². The molecule has 0 radical (unpaired) electrons. The quantitative estimate of drug-likeness (QED) is 0.473. The van der Waals surface area contributed by atoms with E-state index in [0.29, 0.717) is 16.8 Å². The van der Waals surface area contributed by atoms with E-state index in [1.54, 1.807) is 54.6 Å². The first-order valence-electron chi connectivity index (χ1n) is 9.19. The van der Waals surface area contributed by atoms with Crippen LogP contribution in [0, 0.1) is 5.82 Å². The van der Waals surface area contributed by atoms with Gasteiger partial charge < -0.3 is 10.6 Å². The predicted molar refractivity (Wildman–Crippen MR) is 113 cm³/mol. The second-order valence-electron chi connectivity index (χ2n) is 6.49. The van der Waals surface area contributed by atoms with Crippen molar-refractivity contribution in [1.29, 1.82) is 0 Å². The van der Waals surface area contributed by atoms with Gasteiger partial charge >= 0.3 is 0 Å². The van der Waals surface area contributed by atoms with Crippen molar-refractivity contribution in [1.82, 2.24) is 5.32 Å². The van der Waals surface area contributed by atoms with Gasteiger partial charge in [0.25, 0.3) is 11.8 Å². The first-order valence-corrected chi connectivity index (χ1v) is 9.19. The van der Waals surface area contributed by atoms with Gasteiger partial charge in [-0.1, -0.05) is 48.5 Å². The number of carbonyl (C=O) groups excluding carboxylic acids is 3. The minimum absolute atomic E-state index is 0.137. The van der Waals surface area contributed by atoms with Gasteiger partial charge in [0.15, 0.2) is 5.78 Å². The molecule has 0 fully saturated rings. The Morgan fingerprint density at radius 2 is 1.50 bits per heavy atom. The number of hydrogen-bond donors (Lipinski definition) is 2. The Hall–Kier alpha value is -4.06. The second-order valence-corrected chi connectivity index (χ2v) is 6.49. The van der Waals surface area contributed by atoms with Crippen molar-refractivity contribution in [2.75, 3.05) is 5.32 Å². The molecule has 2 amide bonds. The molecule has 3 rings (SSSR count). The standard InChI is InChI=1S/C24H19FN2O3/c1-16(28)18-11-7-12-20(14-18)26-24(30)22(15-19-10-5-6-13-21(19)25)27-23(29)17-8-3-2-4-9-17/h2-15H,1H3,(H,26,30)(H,27,29). The zero-order valence-corrected chi connectivity index (χ0v) is 16.2. The van der Waals surface area contributed by atoms with E-state index in [4.69, 9.17) is 0 Å². The molecular weight excluding hydrogens is 383 g/mol. The predicted octanol–water partition coefficient (Wildman–Crippen LogP) is 4.44. The third-order valence-corrected chi connectivity index (χ3v) is 4.26. The number of carbonyl (C=O) groups is 3. The van der Waals surface area contributed by atoms with Crippen LogP contribution in [0.4, 0.5) is 10.1 Å². The fraction of sp³-hybridized carbons (Fsp3) is 0.0417. The molecule has 0 saturated heterocycles. The lowest BCUT2D eigenvalue weighted by molar-refractivity contribution is -0.113. The highest BCUT2D eigenvalue weighted by molar-refractivity contribution is 6.11. The molecule has 6 heteroatoms. The van der Waals surface area contributed by atoms with Crippen LogP contribution in [0.25, 0.3) is 6.08 Å². The number of halogens is 1. The highest BCUT2D eigenvalue weighted by atomic mass is 19.1. The van der Waals surface area contributed by atoms with Gasteiger partial charge in [0.1, 0.15) is 11.5 Å². The molecule has 3 aromatic carbocycles. The van der Waals surface area contributed by atoms with Gasteiger partial charge in [0.05, 0.1) is 0 Å². The molecule has 3 aromatic rings. The SMILES string of the molecule is CC(=O)c1cccc(NC(=O)C(=Cc2ccccc2F)NC(=O)c2ccccc2)c1. The lowest BCUT2D eigenvalue weighted by atomic mass is 10.1. The summed E-state index contributed by atoms with van der Waals surface area (Å²) in [6.45, 7) is 1.42. The Kier molecular flexibility index (Phi) is 6.49. The maximum atomic E-state index is 14.1. The van der Waals surface area contributed by atoms with Crippen LogP contribution < -0.4 is 10.6 Å². The van der Waals surface area contributed by atoms with Crippen LogP contribution in [-0.2, 0) is 4.79 Å². The fourth-order valence-electron chi connectivity index (χ4n) is 2.70. The maximum Gasteiger partial charge on any atom is 0.272 e. The Bertz CT molecular complexity index is 1120. The minimum atomic E-state index is -0.650. The molecule has 0 spiro atoms. The molecule has 0 aliphatic rings. The van der Waals surface area contributed by atoms with Gasteiger partial charge in [-0.3, -0.25) is 14.4 Å². The topological polar surface area (TPSA) is 75.3 Å². The Morgan fingerprint density at radius 3 is 2.20 bits per heavy atom. The molecule has 0 aromatic heterocycles. The lowest BCUT2D eigenvalue weighted by Gasteiger charge is -2.12. The summed E-state index contributed by atoms with van der Waals surface area (Å²) in [5.41, 5.74) is 1.17. The van der Waals surface area contributed by atoms with Crippen molar-refractivity contribution < 1.29 is 18.8 Å². The summed E-state index contributed by atoms with van der Waals surface area (Å²) in [5.74, 6) is -1.84. The molecule has 30 heavy (non-hydrogen) atoms. The zero-order chi connectivity index (χ0) is 21.5. The molecule has 2 N–H and O–H groups in total. The van der Waals surface area contributed by atoms with Crippen molar-refractivity contribution in [3.63, 3.8) is 0 Å². The van der Waals surface area contributed by atoms with Crippen molar-refractivity contribution in [3.05, 3.63) is 107 Å². The molecule has 0 bridgehead atoms. The van der Waals surface area contributed by atoms with Crippen molar-refractivity contribution in [2.45, 2.75) is 6.92 Å². The van der Waals surface area contributed by atoms with Gasteiger partial charge in [-0.25, -0.2) is 4.39 Å². The summed E-state index contributed by atoms with van der Waals surface area (Å²) < 4.78 is 14.1. The van der Waals surface area contributed by atoms with Crippen LogP contribution >= 0.6 is 0 Å². The number of ketones is 1. The van der Waals surface area contributed by atoms with Gasteiger partial charge in [0.2, 0.25) is 0 Å². The van der Waals surface area contributed by atoms with Crippen LogP contribution in [-0.4, -0.2) is 17.6 Å². The monoisotopic (exact) mass is 402 g/mol. The highest BCUT2D eigenvalue weighted by Crippen LogP contribution is 2.15. The van der Waals surface area contributed by atoms with Crippen LogP contribution in [0.3, 0.4) is 0 Å². The molecule has 0 aliphatic carbocycles. The van der Waals surface area contributed by atoms with Crippen LogP contribution in [0.2, 0.25) is 0 Å². The van der Waals surface area contributed by atoms with E-state index < -0.39 is 17.6 Å². The number of hydrogen-bond acceptors (Lipinski definition) is 3. The summed E-state index contributed by atoms with van der Waals surface area (Å²) in [6, 6.07) is 20.7. The van der Waals surface area contributed by atoms with Gasteiger partial charge in [0, 0.05) is 22.4 Å². The summed E-state index contributed by atoms with van der Waals surface area (Å²) in [4.78, 5) is 37.0. The smallest absolute Gasteiger partial charge is 0.272 e. The summed E-state index contributed by atoms with van der Waals surface area (Å²) in [5, 5.41) is 5.18. The van der Waals surface area contributed by atoms with Crippen molar-refractivity contribution >= 4 is 29.4 Å². The van der Waals surface area contributed by atoms with E-state index in [1.807, 2.05) is 0 Å². The maximum absolute atomic E-state index is 14.1. The van der Waals surface area contributed by atoms with Gasteiger partial charge in [-0.2, -0.15) is 0 Å². The zero-order valence-electron chi connectivity index (χ0n) is 16.2. The number of benzene rings is 3. The van der Waals surface area contributed by atoms with Crippen molar-refractivity contribution in [3.8, 4) is 0 Å². The highest BCUT2D eigenvalue weighted by Gasteiger charge is 2.16. The summed E-state index contributed by atoms with van der Waals surface area (Å²) in [7, 11) is 0. The normalized spacial score (nSPS) is 10.9. The summed E-state index contributed by atoms with van der Waals surface area (Å²) >= 11 is 0. The Morgan fingerprint density at radius 1 is 0.833 bits per heavy atom. The number of anilines is 1. The van der Waals surface area contributed by atoms with E-state index in [0.717, 1.165) is 0 Å². The molecule has 0 saturated carbocycles.